The standard InChI is InChI=1S/C31H24N6O2S/c38-29-6-3-13-37(29)22-9-7-19(8-10-22)20-14-21(17-32-16-20)23-11-12-33-30-24(23)15-26(36-30)31(39)34-18-28-35-25-4-1-2-5-27(25)40-28/h1-2,4-5,7-12,14-17H,3,6,13,18H2,(H,33,36)(H,34,39). The monoisotopic (exact) mass is 544 g/mol. The number of anilines is 1. The van der Waals surface area contributed by atoms with E-state index in [4.69, 9.17) is 0 Å². The lowest BCUT2D eigenvalue weighted by Gasteiger charge is -2.16. The predicted molar refractivity (Wildman–Crippen MR) is 157 cm³/mol. The van der Waals surface area contributed by atoms with Gasteiger partial charge in [0.1, 0.15) is 16.3 Å². The summed E-state index contributed by atoms with van der Waals surface area (Å²) in [7, 11) is 0. The van der Waals surface area contributed by atoms with Crippen LogP contribution in [0.15, 0.2) is 85.3 Å². The van der Waals surface area contributed by atoms with Crippen LogP contribution < -0.4 is 10.2 Å². The first-order chi connectivity index (χ1) is 19.6. The summed E-state index contributed by atoms with van der Waals surface area (Å²) in [5.41, 5.74) is 6.76. The maximum Gasteiger partial charge on any atom is 0.268 e. The summed E-state index contributed by atoms with van der Waals surface area (Å²) in [6.45, 7) is 1.12. The van der Waals surface area contributed by atoms with E-state index in [1.54, 1.807) is 17.5 Å². The van der Waals surface area contributed by atoms with Crippen molar-refractivity contribution in [3.05, 3.63) is 96.0 Å². The van der Waals surface area contributed by atoms with Crippen LogP contribution in [0.25, 0.3) is 43.5 Å². The fourth-order valence-electron chi connectivity index (χ4n) is 5.15. The Morgan fingerprint density at radius 3 is 2.67 bits per heavy atom. The maximum atomic E-state index is 13.0. The number of nitrogens with zero attached hydrogens (tertiary/aromatic N) is 4. The Bertz CT molecular complexity index is 1860. The van der Waals surface area contributed by atoms with E-state index in [1.165, 1.54) is 0 Å². The Morgan fingerprint density at radius 1 is 1.00 bits per heavy atom. The fourth-order valence-corrected chi connectivity index (χ4v) is 6.05. The highest BCUT2D eigenvalue weighted by Gasteiger charge is 2.21. The van der Waals surface area contributed by atoms with Crippen LogP contribution in [0.1, 0.15) is 28.3 Å². The zero-order chi connectivity index (χ0) is 27.1. The molecule has 4 aromatic heterocycles. The first kappa shape index (κ1) is 24.2. The molecule has 0 radical (unpaired) electrons. The van der Waals surface area contributed by atoms with Crippen molar-refractivity contribution in [2.45, 2.75) is 19.4 Å². The molecule has 8 nitrogen and oxygen atoms in total. The van der Waals surface area contributed by atoms with Crippen LogP contribution in [-0.2, 0) is 11.3 Å². The Kier molecular flexibility index (Phi) is 6.05. The number of carbonyl (C=O) groups excluding carboxylic acids is 2. The molecule has 2 N–H and O–H groups in total. The molecule has 0 atom stereocenters. The number of hydrogen-bond acceptors (Lipinski definition) is 6. The van der Waals surface area contributed by atoms with Crippen molar-refractivity contribution in [1.82, 2.24) is 25.3 Å². The van der Waals surface area contributed by atoms with Gasteiger partial charge in [-0.25, -0.2) is 9.97 Å². The van der Waals surface area contributed by atoms with E-state index in [0.717, 1.165) is 61.5 Å². The number of aromatic amines is 1. The van der Waals surface area contributed by atoms with Gasteiger partial charge in [0, 0.05) is 53.8 Å². The molecule has 1 saturated heterocycles. The van der Waals surface area contributed by atoms with Crippen LogP contribution in [-0.4, -0.2) is 38.3 Å². The van der Waals surface area contributed by atoms with E-state index in [9.17, 15) is 9.59 Å². The average molecular weight is 545 g/mol. The lowest BCUT2D eigenvalue weighted by molar-refractivity contribution is -0.117. The molecule has 1 aliphatic rings. The lowest BCUT2D eigenvalue weighted by atomic mass is 10.0. The second-order valence-electron chi connectivity index (χ2n) is 9.72. The third kappa shape index (κ3) is 4.50. The van der Waals surface area contributed by atoms with Crippen LogP contribution in [0, 0.1) is 0 Å². The summed E-state index contributed by atoms with van der Waals surface area (Å²) in [4.78, 5) is 43.6. The summed E-state index contributed by atoms with van der Waals surface area (Å²) < 4.78 is 1.10. The molecule has 2 aromatic carbocycles. The zero-order valence-electron chi connectivity index (χ0n) is 21.4. The molecule has 0 aliphatic carbocycles. The van der Waals surface area contributed by atoms with Crippen LogP contribution in [0.3, 0.4) is 0 Å². The van der Waals surface area contributed by atoms with E-state index >= 15 is 0 Å². The number of amides is 2. The fraction of sp³-hybridized carbons (Fsp3) is 0.129. The van der Waals surface area contributed by atoms with Gasteiger partial charge in [0.25, 0.3) is 5.91 Å². The number of rotatable bonds is 6. The van der Waals surface area contributed by atoms with Crippen LogP contribution >= 0.6 is 11.3 Å². The smallest absolute Gasteiger partial charge is 0.268 e. The van der Waals surface area contributed by atoms with E-state index in [0.29, 0.717) is 24.3 Å². The molecule has 7 rings (SSSR count). The van der Waals surface area contributed by atoms with Crippen molar-refractivity contribution in [1.29, 1.82) is 0 Å². The first-order valence-electron chi connectivity index (χ1n) is 13.1. The summed E-state index contributed by atoms with van der Waals surface area (Å²) in [5.74, 6) is -0.0407. The Balaban J connectivity index is 1.13. The molecular formula is C31H24N6O2S. The van der Waals surface area contributed by atoms with Crippen molar-refractivity contribution in [3.63, 3.8) is 0 Å². The number of nitrogens with one attached hydrogen (secondary N) is 2. The van der Waals surface area contributed by atoms with Crippen molar-refractivity contribution in [2.24, 2.45) is 0 Å². The zero-order valence-corrected chi connectivity index (χ0v) is 22.2. The molecule has 1 fully saturated rings. The molecule has 1 aliphatic heterocycles. The molecule has 0 bridgehead atoms. The Hall–Kier alpha value is -4.89. The molecule has 9 heteroatoms. The summed E-state index contributed by atoms with van der Waals surface area (Å²) in [6.07, 6.45) is 6.88. The highest BCUT2D eigenvalue weighted by Crippen LogP contribution is 2.32. The van der Waals surface area contributed by atoms with Crippen LogP contribution in [0.5, 0.6) is 0 Å². The van der Waals surface area contributed by atoms with Gasteiger partial charge in [-0.05, 0) is 60.0 Å². The number of H-pyrrole nitrogens is 1. The predicted octanol–water partition coefficient (Wildman–Crippen LogP) is 5.96. The highest BCUT2D eigenvalue weighted by molar-refractivity contribution is 7.18. The van der Waals surface area contributed by atoms with Crippen LogP contribution in [0.4, 0.5) is 5.69 Å². The molecule has 0 unspecified atom stereocenters. The molecule has 6 aromatic rings. The van der Waals surface area contributed by atoms with Gasteiger partial charge in [-0.1, -0.05) is 24.3 Å². The van der Waals surface area contributed by atoms with Crippen molar-refractivity contribution in [2.75, 3.05) is 11.4 Å². The molecule has 0 saturated carbocycles. The lowest BCUT2D eigenvalue weighted by Crippen LogP contribution is -2.23. The normalized spacial score (nSPS) is 13.4. The third-order valence-electron chi connectivity index (χ3n) is 7.15. The summed E-state index contributed by atoms with van der Waals surface area (Å²) in [5, 5.41) is 4.66. The summed E-state index contributed by atoms with van der Waals surface area (Å²) >= 11 is 1.57. The number of para-hydroxylation sites is 1. The first-order valence-corrected chi connectivity index (χ1v) is 13.9. The second kappa shape index (κ2) is 10.0. The third-order valence-corrected chi connectivity index (χ3v) is 8.19. The van der Waals surface area contributed by atoms with E-state index in [1.807, 2.05) is 78.0 Å². The Labute approximate surface area is 233 Å². The molecule has 196 valence electrons. The van der Waals surface area contributed by atoms with E-state index in [-0.39, 0.29) is 11.8 Å². The second-order valence-corrected chi connectivity index (χ2v) is 10.8. The Morgan fingerprint density at radius 2 is 1.85 bits per heavy atom. The minimum atomic E-state index is -0.216. The number of carbonyl (C=O) groups is 2. The number of thiazole rings is 1. The van der Waals surface area contributed by atoms with Gasteiger partial charge in [-0.15, -0.1) is 11.3 Å². The van der Waals surface area contributed by atoms with E-state index < -0.39 is 0 Å². The van der Waals surface area contributed by atoms with Gasteiger partial charge in [-0.3, -0.25) is 14.6 Å². The van der Waals surface area contributed by atoms with Crippen LogP contribution in [0.2, 0.25) is 0 Å². The maximum absolute atomic E-state index is 13.0. The topological polar surface area (TPSA) is 104 Å². The largest absolute Gasteiger partial charge is 0.344 e. The van der Waals surface area contributed by atoms with Crippen molar-refractivity contribution in [3.8, 4) is 22.3 Å². The molecular weight excluding hydrogens is 520 g/mol. The molecule has 5 heterocycles. The highest BCUT2D eigenvalue weighted by atomic mass is 32.1. The van der Waals surface area contributed by atoms with Crippen molar-refractivity contribution >= 4 is 50.1 Å². The van der Waals surface area contributed by atoms with E-state index in [2.05, 4.69) is 31.3 Å². The molecule has 2 amide bonds. The number of fused-ring (bicyclic) bond motifs is 2. The van der Waals surface area contributed by atoms with Gasteiger partial charge in [0.2, 0.25) is 5.91 Å². The van der Waals surface area contributed by atoms with Gasteiger partial charge in [0.15, 0.2) is 0 Å². The number of hydrogen-bond donors (Lipinski definition) is 2. The number of aromatic nitrogens is 4. The van der Waals surface area contributed by atoms with Gasteiger partial charge in [-0.2, -0.15) is 0 Å². The number of benzene rings is 2. The summed E-state index contributed by atoms with van der Waals surface area (Å²) in [6, 6.07) is 21.8. The van der Waals surface area contributed by atoms with Gasteiger partial charge in [0.05, 0.1) is 16.8 Å². The SMILES string of the molecule is O=C(NCc1nc2ccccc2s1)c1cc2c(-c3cncc(-c4ccc(N5CCCC5=O)cc4)c3)ccnc2[nH]1. The minimum absolute atomic E-state index is 0.175. The molecule has 0 spiro atoms. The van der Waals surface area contributed by atoms with Gasteiger partial charge < -0.3 is 15.2 Å². The average Bonchev–Trinajstić information content (AvgIpc) is 3.73. The molecule has 40 heavy (non-hydrogen) atoms. The number of pyridine rings is 2. The minimum Gasteiger partial charge on any atom is -0.344 e. The van der Waals surface area contributed by atoms with Gasteiger partial charge >= 0.3 is 0 Å². The quantitative estimate of drug-likeness (QED) is 0.269. The van der Waals surface area contributed by atoms with Crippen molar-refractivity contribution < 1.29 is 9.59 Å².